The Morgan fingerprint density at radius 3 is 2.19 bits per heavy atom. The first-order valence-corrected chi connectivity index (χ1v) is 12.6. The highest BCUT2D eigenvalue weighted by Crippen LogP contribution is 2.30. The van der Waals surface area contributed by atoms with Crippen LogP contribution in [0.2, 0.25) is 0 Å². The van der Waals surface area contributed by atoms with Gasteiger partial charge in [0.05, 0.1) is 16.3 Å². The smallest absolute Gasteiger partial charge is 0.475 e. The Bertz CT molecular complexity index is 1140. The van der Waals surface area contributed by atoms with Gasteiger partial charge in [-0.1, -0.05) is 32.0 Å². The van der Waals surface area contributed by atoms with Crippen molar-refractivity contribution in [3.63, 3.8) is 0 Å². The molecule has 1 heterocycles. The first kappa shape index (κ1) is 28.9. The van der Waals surface area contributed by atoms with E-state index < -0.39 is 22.2 Å². The van der Waals surface area contributed by atoms with E-state index in [0.29, 0.717) is 23.7 Å². The maximum absolute atomic E-state index is 12.9. The second-order valence-corrected chi connectivity index (χ2v) is 9.98. The summed E-state index contributed by atoms with van der Waals surface area (Å²) in [6.07, 6.45) is -5.08. The number of carboxylic acid groups (broad SMARTS) is 1. The summed E-state index contributed by atoms with van der Waals surface area (Å²) in [6, 6.07) is 13.4. The van der Waals surface area contributed by atoms with Crippen molar-refractivity contribution in [2.75, 3.05) is 42.3 Å². The van der Waals surface area contributed by atoms with E-state index in [1.54, 1.807) is 42.5 Å². The number of nitrogens with zero attached hydrogens (tertiary/aromatic N) is 1. The van der Waals surface area contributed by atoms with E-state index >= 15 is 0 Å². The van der Waals surface area contributed by atoms with Crippen molar-refractivity contribution >= 4 is 33.3 Å². The summed E-state index contributed by atoms with van der Waals surface area (Å²) in [5.74, 6) is -2.65. The van der Waals surface area contributed by atoms with Crippen LogP contribution in [0.5, 0.6) is 0 Å². The number of aliphatic carboxylic acids is 1. The molecule has 0 bridgehead atoms. The Morgan fingerprint density at radius 2 is 1.67 bits per heavy atom. The molecule has 198 valence electrons. The van der Waals surface area contributed by atoms with Crippen LogP contribution >= 0.6 is 0 Å². The third kappa shape index (κ3) is 8.72. The molecule has 13 heteroatoms. The van der Waals surface area contributed by atoms with Crippen molar-refractivity contribution in [1.29, 1.82) is 0 Å². The number of carboxylic acids is 1. The number of benzene rings is 2. The summed E-state index contributed by atoms with van der Waals surface area (Å²) in [7, 11) is -3.77. The Labute approximate surface area is 207 Å². The average molecular weight is 531 g/mol. The minimum atomic E-state index is -5.08. The molecule has 0 radical (unpaired) electrons. The Morgan fingerprint density at radius 1 is 1.08 bits per heavy atom. The SMILES string of the molecule is CC(C)CNC(=O)c1ccc(N2CCNCC2)c(NS(=O)(=O)c2ccccc2)c1.O=C(O)C(F)(F)F. The van der Waals surface area contributed by atoms with Crippen LogP contribution in [-0.4, -0.2) is 64.3 Å². The normalized spacial score (nSPS) is 14.0. The maximum atomic E-state index is 12.9. The number of rotatable bonds is 7. The van der Waals surface area contributed by atoms with Crippen LogP contribution < -0.4 is 20.3 Å². The second-order valence-electron chi connectivity index (χ2n) is 8.29. The summed E-state index contributed by atoms with van der Waals surface area (Å²) in [6.45, 7) is 7.77. The molecule has 1 amide bonds. The van der Waals surface area contributed by atoms with Gasteiger partial charge < -0.3 is 20.6 Å². The highest BCUT2D eigenvalue weighted by Gasteiger charge is 2.38. The number of halogens is 3. The number of alkyl halides is 3. The monoisotopic (exact) mass is 530 g/mol. The predicted octanol–water partition coefficient (Wildman–Crippen LogP) is 2.92. The van der Waals surface area contributed by atoms with Gasteiger partial charge in [-0.2, -0.15) is 13.2 Å². The van der Waals surface area contributed by atoms with Gasteiger partial charge in [0.1, 0.15) is 0 Å². The molecule has 4 N–H and O–H groups in total. The summed E-state index contributed by atoms with van der Waals surface area (Å²) in [4.78, 5) is 23.7. The number of carbonyl (C=O) groups is 2. The molecule has 9 nitrogen and oxygen atoms in total. The number of nitrogens with one attached hydrogen (secondary N) is 3. The largest absolute Gasteiger partial charge is 0.490 e. The van der Waals surface area contributed by atoms with Gasteiger partial charge >= 0.3 is 12.1 Å². The lowest BCUT2D eigenvalue weighted by Crippen LogP contribution is -2.43. The number of piperazine rings is 1. The molecule has 3 rings (SSSR count). The van der Waals surface area contributed by atoms with E-state index in [-0.39, 0.29) is 10.8 Å². The maximum Gasteiger partial charge on any atom is 0.490 e. The quantitative estimate of drug-likeness (QED) is 0.433. The molecule has 1 fully saturated rings. The predicted molar refractivity (Wildman–Crippen MR) is 130 cm³/mol. The number of sulfonamides is 1. The van der Waals surface area contributed by atoms with Crippen molar-refractivity contribution in [1.82, 2.24) is 10.6 Å². The van der Waals surface area contributed by atoms with Crippen molar-refractivity contribution in [2.24, 2.45) is 5.92 Å². The van der Waals surface area contributed by atoms with Crippen molar-refractivity contribution < 1.29 is 36.3 Å². The molecule has 0 saturated carbocycles. The van der Waals surface area contributed by atoms with E-state index in [2.05, 4.69) is 20.3 Å². The highest BCUT2D eigenvalue weighted by atomic mass is 32.2. The molecule has 1 saturated heterocycles. The third-order valence-electron chi connectivity index (χ3n) is 4.93. The van der Waals surface area contributed by atoms with Crippen molar-refractivity contribution in [2.45, 2.75) is 24.9 Å². The molecular weight excluding hydrogens is 501 g/mol. The van der Waals surface area contributed by atoms with Crippen LogP contribution in [0.3, 0.4) is 0 Å². The van der Waals surface area contributed by atoms with Crippen molar-refractivity contribution in [3.8, 4) is 0 Å². The summed E-state index contributed by atoms with van der Waals surface area (Å²) < 4.78 is 60.2. The summed E-state index contributed by atoms with van der Waals surface area (Å²) in [5.41, 5.74) is 1.61. The van der Waals surface area contributed by atoms with E-state index in [0.717, 1.165) is 31.9 Å². The molecule has 0 aliphatic carbocycles. The molecule has 1 aliphatic rings. The minimum absolute atomic E-state index is 0.181. The standard InChI is InChI=1S/C21H28N4O3S.C2HF3O2/c1-16(2)15-23-21(26)17-8-9-20(25-12-10-22-11-13-25)19(14-17)24-29(27,28)18-6-4-3-5-7-18;3-2(4,5)1(6)7/h3-9,14,16,22,24H,10-13,15H2,1-2H3,(H,23,26);(H,6,7). The molecule has 36 heavy (non-hydrogen) atoms. The zero-order valence-corrected chi connectivity index (χ0v) is 20.6. The van der Waals surface area contributed by atoms with Gasteiger partial charge in [0, 0.05) is 38.3 Å². The fraction of sp³-hybridized carbons (Fsp3) is 0.391. The van der Waals surface area contributed by atoms with Gasteiger partial charge in [0.25, 0.3) is 15.9 Å². The van der Waals surface area contributed by atoms with Crippen LogP contribution in [0, 0.1) is 5.92 Å². The molecule has 2 aromatic carbocycles. The highest BCUT2D eigenvalue weighted by molar-refractivity contribution is 7.92. The molecule has 1 aliphatic heterocycles. The number of anilines is 2. The van der Waals surface area contributed by atoms with Crippen LogP contribution in [0.4, 0.5) is 24.5 Å². The van der Waals surface area contributed by atoms with Gasteiger partial charge in [-0.3, -0.25) is 9.52 Å². The van der Waals surface area contributed by atoms with E-state index in [4.69, 9.17) is 9.90 Å². The fourth-order valence-corrected chi connectivity index (χ4v) is 4.23. The van der Waals surface area contributed by atoms with Crippen LogP contribution in [0.1, 0.15) is 24.2 Å². The summed E-state index contributed by atoms with van der Waals surface area (Å²) >= 11 is 0. The zero-order chi connectivity index (χ0) is 26.9. The molecule has 0 atom stereocenters. The second kappa shape index (κ2) is 12.6. The van der Waals surface area contributed by atoms with Gasteiger partial charge in [-0.05, 0) is 36.2 Å². The van der Waals surface area contributed by atoms with Crippen LogP contribution in [0.25, 0.3) is 0 Å². The lowest BCUT2D eigenvalue weighted by molar-refractivity contribution is -0.192. The van der Waals surface area contributed by atoms with Crippen LogP contribution in [0.15, 0.2) is 53.4 Å². The Kier molecular flexibility index (Phi) is 10.1. The van der Waals surface area contributed by atoms with Gasteiger partial charge in [-0.15, -0.1) is 0 Å². The molecule has 0 unspecified atom stereocenters. The summed E-state index contributed by atoms with van der Waals surface area (Å²) in [5, 5.41) is 13.3. The first-order valence-electron chi connectivity index (χ1n) is 11.1. The van der Waals surface area contributed by atoms with E-state index in [1.165, 1.54) is 0 Å². The number of hydrogen-bond acceptors (Lipinski definition) is 6. The first-order chi connectivity index (χ1) is 16.8. The van der Waals surface area contributed by atoms with Gasteiger partial charge in [0.2, 0.25) is 0 Å². The fourth-order valence-electron chi connectivity index (χ4n) is 3.14. The topological polar surface area (TPSA) is 128 Å². The minimum Gasteiger partial charge on any atom is -0.475 e. The number of carbonyl (C=O) groups excluding carboxylic acids is 1. The molecule has 0 aromatic heterocycles. The molecule has 2 aromatic rings. The van der Waals surface area contributed by atoms with E-state index in [1.807, 2.05) is 19.9 Å². The third-order valence-corrected chi connectivity index (χ3v) is 6.31. The van der Waals surface area contributed by atoms with Gasteiger partial charge in [-0.25, -0.2) is 13.2 Å². The Balaban J connectivity index is 0.000000572. The molecular formula is C23H29F3N4O5S. The van der Waals surface area contributed by atoms with Crippen LogP contribution in [-0.2, 0) is 14.8 Å². The number of hydrogen-bond donors (Lipinski definition) is 4. The lowest BCUT2D eigenvalue weighted by Gasteiger charge is -2.31. The zero-order valence-electron chi connectivity index (χ0n) is 19.8. The van der Waals surface area contributed by atoms with Crippen molar-refractivity contribution in [3.05, 3.63) is 54.1 Å². The Hall–Kier alpha value is -3.32. The van der Waals surface area contributed by atoms with E-state index in [9.17, 15) is 26.4 Å². The lowest BCUT2D eigenvalue weighted by atomic mass is 10.1. The van der Waals surface area contributed by atoms with Gasteiger partial charge in [0.15, 0.2) is 0 Å². The average Bonchev–Trinajstić information content (AvgIpc) is 2.83. The number of amides is 1. The molecule has 0 spiro atoms.